The van der Waals surface area contributed by atoms with E-state index in [1.165, 1.54) is 6.42 Å². The summed E-state index contributed by atoms with van der Waals surface area (Å²) in [6, 6.07) is 5.44. The second-order valence-corrected chi connectivity index (χ2v) is 6.61. The first kappa shape index (κ1) is 13.7. The van der Waals surface area contributed by atoms with Crippen LogP contribution in [0.3, 0.4) is 0 Å². The molecule has 0 heterocycles. The lowest BCUT2D eigenvalue weighted by Gasteiger charge is -2.34. The Morgan fingerprint density at radius 1 is 1.50 bits per heavy atom. The molecule has 2 fully saturated rings. The molecule has 0 saturated heterocycles. The average Bonchev–Trinajstić information content (AvgIpc) is 3.00. The van der Waals surface area contributed by atoms with Crippen LogP contribution in [0.4, 0.5) is 0 Å². The van der Waals surface area contributed by atoms with E-state index < -0.39 is 11.4 Å². The van der Waals surface area contributed by atoms with Gasteiger partial charge >= 0.3 is 5.97 Å². The number of aliphatic carboxylic acids is 1. The van der Waals surface area contributed by atoms with Gasteiger partial charge in [-0.1, -0.05) is 18.0 Å². The maximum atomic E-state index is 11.9. The molecule has 2 aliphatic carbocycles. The number of carboxylic acid groups (broad SMARTS) is 1. The maximum Gasteiger partial charge on any atom is 0.310 e. The molecule has 3 rings (SSSR count). The van der Waals surface area contributed by atoms with Crippen molar-refractivity contribution in [3.8, 4) is 5.75 Å². The fourth-order valence-corrected chi connectivity index (χ4v) is 4.42. The lowest BCUT2D eigenvalue weighted by molar-refractivity contribution is -0.152. The highest BCUT2D eigenvalue weighted by atomic mass is 35.5. The van der Waals surface area contributed by atoms with Gasteiger partial charge in [-0.05, 0) is 61.3 Å². The Kier molecular flexibility index (Phi) is 3.41. The van der Waals surface area contributed by atoms with Crippen LogP contribution in [-0.4, -0.2) is 18.2 Å². The second-order valence-electron chi connectivity index (χ2n) is 6.17. The van der Waals surface area contributed by atoms with Crippen molar-refractivity contribution in [2.45, 2.75) is 32.1 Å². The van der Waals surface area contributed by atoms with Gasteiger partial charge in [-0.2, -0.15) is 0 Å². The molecule has 1 N–H and O–H groups in total. The number of fused-ring (bicyclic) bond motifs is 2. The Morgan fingerprint density at radius 2 is 2.30 bits per heavy atom. The predicted octanol–water partition coefficient (Wildman–Crippen LogP) is 3.78. The van der Waals surface area contributed by atoms with Crippen LogP contribution in [-0.2, 0) is 11.2 Å². The number of carbonyl (C=O) groups is 1. The van der Waals surface area contributed by atoms with Gasteiger partial charge in [0.15, 0.2) is 0 Å². The Labute approximate surface area is 123 Å². The molecule has 0 spiro atoms. The summed E-state index contributed by atoms with van der Waals surface area (Å²) < 4.78 is 5.36. The molecule has 1 aromatic rings. The van der Waals surface area contributed by atoms with Crippen LogP contribution in [0.1, 0.15) is 31.2 Å². The monoisotopic (exact) mass is 294 g/mol. The van der Waals surface area contributed by atoms with Crippen LogP contribution in [0.2, 0.25) is 5.02 Å². The molecule has 0 aromatic heterocycles. The largest absolute Gasteiger partial charge is 0.496 e. The van der Waals surface area contributed by atoms with Gasteiger partial charge in [-0.3, -0.25) is 4.79 Å². The van der Waals surface area contributed by atoms with Crippen LogP contribution in [0.5, 0.6) is 5.75 Å². The first-order valence-corrected chi connectivity index (χ1v) is 7.49. The highest BCUT2D eigenvalue weighted by Gasteiger charge is 2.55. The zero-order chi connectivity index (χ0) is 14.3. The molecule has 3 nitrogen and oxygen atoms in total. The van der Waals surface area contributed by atoms with Crippen molar-refractivity contribution in [3.05, 3.63) is 28.8 Å². The summed E-state index contributed by atoms with van der Waals surface area (Å²) in [6.45, 7) is 0. The average molecular weight is 295 g/mol. The number of carboxylic acids is 1. The maximum absolute atomic E-state index is 11.9. The summed E-state index contributed by atoms with van der Waals surface area (Å²) in [6.07, 6.45) is 4.61. The Morgan fingerprint density at radius 3 is 2.85 bits per heavy atom. The summed E-state index contributed by atoms with van der Waals surface area (Å²) in [5.74, 6) is 0.958. The van der Waals surface area contributed by atoms with E-state index in [0.29, 0.717) is 23.3 Å². The van der Waals surface area contributed by atoms with Crippen LogP contribution in [0.25, 0.3) is 0 Å². The minimum atomic E-state index is -0.660. The number of hydrogen-bond acceptors (Lipinski definition) is 2. The molecule has 4 heteroatoms. The van der Waals surface area contributed by atoms with Crippen molar-refractivity contribution in [1.29, 1.82) is 0 Å². The summed E-state index contributed by atoms with van der Waals surface area (Å²) in [7, 11) is 1.61. The molecule has 0 amide bonds. The number of methoxy groups -OCH3 is 1. The third-order valence-electron chi connectivity index (χ3n) is 5.15. The van der Waals surface area contributed by atoms with Gasteiger partial charge in [-0.15, -0.1) is 0 Å². The number of benzene rings is 1. The first-order valence-electron chi connectivity index (χ1n) is 7.11. The van der Waals surface area contributed by atoms with Crippen LogP contribution < -0.4 is 4.74 Å². The van der Waals surface area contributed by atoms with E-state index >= 15 is 0 Å². The van der Waals surface area contributed by atoms with E-state index in [4.69, 9.17) is 16.3 Å². The van der Waals surface area contributed by atoms with Gasteiger partial charge in [0.2, 0.25) is 0 Å². The van der Waals surface area contributed by atoms with Crippen LogP contribution in [0, 0.1) is 17.3 Å². The predicted molar refractivity (Wildman–Crippen MR) is 77.2 cm³/mol. The van der Waals surface area contributed by atoms with Crippen LogP contribution in [0.15, 0.2) is 18.2 Å². The van der Waals surface area contributed by atoms with E-state index in [9.17, 15) is 9.90 Å². The molecule has 0 radical (unpaired) electrons. The topological polar surface area (TPSA) is 46.5 Å². The van der Waals surface area contributed by atoms with Crippen molar-refractivity contribution >= 4 is 17.6 Å². The van der Waals surface area contributed by atoms with Crippen molar-refractivity contribution in [3.63, 3.8) is 0 Å². The van der Waals surface area contributed by atoms with Gasteiger partial charge in [0.25, 0.3) is 0 Å². The van der Waals surface area contributed by atoms with Crippen molar-refractivity contribution < 1.29 is 14.6 Å². The van der Waals surface area contributed by atoms with Gasteiger partial charge in [-0.25, -0.2) is 0 Å². The Hall–Kier alpha value is -1.22. The third kappa shape index (κ3) is 2.08. The number of rotatable bonds is 4. The molecule has 0 aliphatic heterocycles. The van der Waals surface area contributed by atoms with E-state index in [0.717, 1.165) is 30.6 Å². The molecule has 108 valence electrons. The minimum Gasteiger partial charge on any atom is -0.496 e. The summed E-state index contributed by atoms with van der Waals surface area (Å²) in [4.78, 5) is 11.9. The lowest BCUT2D eigenvalue weighted by atomic mass is 9.69. The zero-order valence-electron chi connectivity index (χ0n) is 11.6. The molecular weight excluding hydrogens is 276 g/mol. The van der Waals surface area contributed by atoms with Crippen molar-refractivity contribution in [2.24, 2.45) is 17.3 Å². The SMILES string of the molecule is COc1ccc(Cl)cc1CC1(C(=O)O)CC2CCC1C2. The molecular formula is C16H19ClO3. The number of hydrogen-bond donors (Lipinski definition) is 1. The summed E-state index contributed by atoms with van der Waals surface area (Å²) in [5.41, 5.74) is 0.288. The van der Waals surface area contributed by atoms with Crippen LogP contribution >= 0.6 is 11.6 Å². The summed E-state index contributed by atoms with van der Waals surface area (Å²) >= 11 is 6.06. The van der Waals surface area contributed by atoms with Gasteiger partial charge in [0.1, 0.15) is 5.75 Å². The second kappa shape index (κ2) is 4.96. The first-order chi connectivity index (χ1) is 9.55. The highest BCUT2D eigenvalue weighted by Crippen LogP contribution is 2.57. The molecule has 1 aromatic carbocycles. The van der Waals surface area contributed by atoms with Gasteiger partial charge in [0.05, 0.1) is 12.5 Å². The summed E-state index contributed by atoms with van der Waals surface area (Å²) in [5, 5.41) is 10.4. The highest BCUT2D eigenvalue weighted by molar-refractivity contribution is 6.30. The quantitative estimate of drug-likeness (QED) is 0.919. The van der Waals surface area contributed by atoms with E-state index in [-0.39, 0.29) is 0 Å². The Balaban J connectivity index is 1.96. The van der Waals surface area contributed by atoms with Crippen molar-refractivity contribution in [2.75, 3.05) is 7.11 Å². The molecule has 20 heavy (non-hydrogen) atoms. The molecule has 2 saturated carbocycles. The van der Waals surface area contributed by atoms with E-state index in [1.807, 2.05) is 12.1 Å². The van der Waals surface area contributed by atoms with E-state index in [1.54, 1.807) is 13.2 Å². The number of ether oxygens (including phenoxy) is 1. The molecule has 2 aliphatic rings. The molecule has 2 bridgehead atoms. The minimum absolute atomic E-state index is 0.300. The smallest absolute Gasteiger partial charge is 0.310 e. The van der Waals surface area contributed by atoms with Gasteiger partial charge in [0, 0.05) is 5.02 Å². The van der Waals surface area contributed by atoms with Crippen molar-refractivity contribution in [1.82, 2.24) is 0 Å². The standard InChI is InChI=1S/C16H19ClO3/c1-20-14-5-4-13(17)7-11(14)9-16(15(18)19)8-10-2-3-12(16)6-10/h4-5,7,10,12H,2-3,6,8-9H2,1H3,(H,18,19). The lowest BCUT2D eigenvalue weighted by Crippen LogP contribution is -2.38. The van der Waals surface area contributed by atoms with E-state index in [2.05, 4.69) is 0 Å². The third-order valence-corrected chi connectivity index (χ3v) is 5.39. The zero-order valence-corrected chi connectivity index (χ0v) is 12.3. The van der Waals surface area contributed by atoms with Gasteiger partial charge < -0.3 is 9.84 Å². The molecule has 3 unspecified atom stereocenters. The number of halogens is 1. The normalized spacial score (nSPS) is 31.5. The fourth-order valence-electron chi connectivity index (χ4n) is 4.22. The molecule has 3 atom stereocenters. The fraction of sp³-hybridized carbons (Fsp3) is 0.562. The Bertz CT molecular complexity index is 543.